The number of likely N-dealkylation sites (tertiary alicyclic amines) is 1. The number of benzene rings is 2. The number of piperidine rings is 1. The van der Waals surface area contributed by atoms with E-state index in [-0.39, 0.29) is 12.0 Å². The molecule has 0 radical (unpaired) electrons. The number of ether oxygens (including phenoxy) is 1. The lowest BCUT2D eigenvalue weighted by Gasteiger charge is -2.32. The van der Waals surface area contributed by atoms with Gasteiger partial charge in [0.2, 0.25) is 0 Å². The van der Waals surface area contributed by atoms with Gasteiger partial charge in [0.1, 0.15) is 11.9 Å². The maximum absolute atomic E-state index is 11.9. The quantitative estimate of drug-likeness (QED) is 0.568. The average molecular weight is 419 g/mol. The maximum Gasteiger partial charge on any atom is 0.287 e. The van der Waals surface area contributed by atoms with Crippen molar-refractivity contribution in [3.05, 3.63) is 89.9 Å². The summed E-state index contributed by atoms with van der Waals surface area (Å²) in [6, 6.07) is 22.5. The predicted octanol–water partition coefficient (Wildman–Crippen LogP) is 4.86. The fourth-order valence-corrected chi connectivity index (χ4v) is 4.09. The van der Waals surface area contributed by atoms with Gasteiger partial charge >= 0.3 is 0 Å². The van der Waals surface area contributed by atoms with Gasteiger partial charge < -0.3 is 14.5 Å². The number of hydrogen-bond donors (Lipinski definition) is 1. The largest absolute Gasteiger partial charge is 0.489 e. The average Bonchev–Trinajstić information content (AvgIpc) is 3.35. The van der Waals surface area contributed by atoms with E-state index < -0.39 is 0 Å². The van der Waals surface area contributed by atoms with Gasteiger partial charge in [0.15, 0.2) is 5.76 Å². The molecule has 0 unspecified atom stereocenters. The summed E-state index contributed by atoms with van der Waals surface area (Å²) >= 11 is 0. The molecule has 1 aliphatic rings. The Labute approximate surface area is 184 Å². The highest BCUT2D eigenvalue weighted by molar-refractivity contribution is 5.91. The number of carbonyl (C=O) groups excluding carboxylic acids is 1. The summed E-state index contributed by atoms with van der Waals surface area (Å²) in [5.74, 6) is 1.57. The van der Waals surface area contributed by atoms with Gasteiger partial charge in [0.25, 0.3) is 5.91 Å². The predicted molar refractivity (Wildman–Crippen MR) is 121 cm³/mol. The molecule has 3 aromatic rings. The molecular formula is C26H30N2O3. The first-order valence-electron chi connectivity index (χ1n) is 11.0. The number of hydrogen-bond acceptors (Lipinski definition) is 4. The summed E-state index contributed by atoms with van der Waals surface area (Å²) in [5.41, 5.74) is 2.77. The normalized spacial score (nSPS) is 16.0. The van der Waals surface area contributed by atoms with Crippen molar-refractivity contribution >= 4 is 5.91 Å². The molecule has 0 saturated carbocycles. The molecule has 1 aliphatic heterocycles. The molecule has 1 aromatic heterocycles. The SMILES string of the molecule is C[C@@H](CNC(=O)c1ccco1)Oc1ccc(CN2CCC(c3ccccc3)CC2)cc1. The van der Waals surface area contributed by atoms with E-state index in [4.69, 9.17) is 9.15 Å². The minimum absolute atomic E-state index is 0.137. The van der Waals surface area contributed by atoms with Gasteiger partial charge in [-0.2, -0.15) is 0 Å². The van der Waals surface area contributed by atoms with Crippen LogP contribution in [0.2, 0.25) is 0 Å². The van der Waals surface area contributed by atoms with Gasteiger partial charge in [-0.25, -0.2) is 0 Å². The lowest BCUT2D eigenvalue weighted by Crippen LogP contribution is -2.33. The van der Waals surface area contributed by atoms with Crippen LogP contribution in [0.4, 0.5) is 0 Å². The van der Waals surface area contributed by atoms with E-state index in [1.165, 1.54) is 30.2 Å². The van der Waals surface area contributed by atoms with Crippen LogP contribution in [0.25, 0.3) is 0 Å². The van der Waals surface area contributed by atoms with Crippen molar-refractivity contribution in [1.82, 2.24) is 10.2 Å². The molecule has 2 aromatic carbocycles. The van der Waals surface area contributed by atoms with Crippen molar-refractivity contribution in [3.8, 4) is 5.75 Å². The number of carbonyl (C=O) groups is 1. The third-order valence-electron chi connectivity index (χ3n) is 5.82. The number of nitrogens with zero attached hydrogens (tertiary/aromatic N) is 1. The number of furan rings is 1. The highest BCUT2D eigenvalue weighted by atomic mass is 16.5. The summed E-state index contributed by atoms with van der Waals surface area (Å²) in [6.07, 6.45) is 3.78. The van der Waals surface area contributed by atoms with Crippen LogP contribution in [0.15, 0.2) is 77.4 Å². The Morgan fingerprint density at radius 1 is 1.06 bits per heavy atom. The van der Waals surface area contributed by atoms with Crippen molar-refractivity contribution in [1.29, 1.82) is 0 Å². The Kier molecular flexibility index (Phi) is 7.05. The highest BCUT2D eigenvalue weighted by Crippen LogP contribution is 2.28. The van der Waals surface area contributed by atoms with Gasteiger partial charge in [-0.3, -0.25) is 9.69 Å². The zero-order valence-electron chi connectivity index (χ0n) is 18.0. The van der Waals surface area contributed by atoms with Crippen molar-refractivity contribution < 1.29 is 13.9 Å². The highest BCUT2D eigenvalue weighted by Gasteiger charge is 2.20. The second kappa shape index (κ2) is 10.3. The van der Waals surface area contributed by atoms with Crippen LogP contribution < -0.4 is 10.1 Å². The fourth-order valence-electron chi connectivity index (χ4n) is 4.09. The number of amides is 1. The second-order valence-corrected chi connectivity index (χ2v) is 8.22. The van der Waals surface area contributed by atoms with Crippen LogP contribution in [-0.4, -0.2) is 36.5 Å². The minimum Gasteiger partial charge on any atom is -0.489 e. The van der Waals surface area contributed by atoms with Crippen molar-refractivity contribution in [2.24, 2.45) is 0 Å². The standard InChI is InChI=1S/C26H30N2O3/c1-20(18-27-26(29)25-8-5-17-30-25)31-24-11-9-21(10-12-24)19-28-15-13-23(14-16-28)22-6-3-2-4-7-22/h2-12,17,20,23H,13-16,18-19H2,1H3,(H,27,29)/t20-/m0/s1. The smallest absolute Gasteiger partial charge is 0.287 e. The molecule has 1 atom stereocenters. The summed E-state index contributed by atoms with van der Waals surface area (Å²) in [5, 5.41) is 2.82. The Hall–Kier alpha value is -3.05. The van der Waals surface area contributed by atoms with Gasteiger partial charge in [-0.15, -0.1) is 0 Å². The Balaban J connectivity index is 1.20. The molecule has 1 fully saturated rings. The molecule has 2 heterocycles. The second-order valence-electron chi connectivity index (χ2n) is 8.22. The Bertz CT molecular complexity index is 931. The van der Waals surface area contributed by atoms with Gasteiger partial charge in [0, 0.05) is 6.54 Å². The summed E-state index contributed by atoms with van der Waals surface area (Å²) in [7, 11) is 0. The van der Waals surface area contributed by atoms with Crippen molar-refractivity contribution in [2.45, 2.75) is 38.3 Å². The van der Waals surface area contributed by atoms with Crippen LogP contribution in [0.3, 0.4) is 0 Å². The van der Waals surface area contributed by atoms with E-state index in [1.54, 1.807) is 12.1 Å². The van der Waals surface area contributed by atoms with Crippen LogP contribution in [0.1, 0.15) is 47.4 Å². The molecular weight excluding hydrogens is 388 g/mol. The molecule has 1 saturated heterocycles. The third kappa shape index (κ3) is 5.98. The molecule has 4 rings (SSSR count). The monoisotopic (exact) mass is 418 g/mol. The molecule has 0 aliphatic carbocycles. The van der Waals surface area contributed by atoms with E-state index in [0.29, 0.717) is 18.2 Å². The van der Waals surface area contributed by atoms with Crippen LogP contribution in [0.5, 0.6) is 5.75 Å². The van der Waals surface area contributed by atoms with E-state index in [9.17, 15) is 4.79 Å². The molecule has 0 bridgehead atoms. The Morgan fingerprint density at radius 2 is 1.81 bits per heavy atom. The van der Waals surface area contributed by atoms with E-state index in [0.717, 1.165) is 25.4 Å². The first-order valence-corrected chi connectivity index (χ1v) is 11.0. The van der Waals surface area contributed by atoms with Gasteiger partial charge in [-0.1, -0.05) is 42.5 Å². The van der Waals surface area contributed by atoms with E-state index in [2.05, 4.69) is 52.7 Å². The Morgan fingerprint density at radius 3 is 2.48 bits per heavy atom. The van der Waals surface area contributed by atoms with Crippen LogP contribution in [0, 0.1) is 0 Å². The van der Waals surface area contributed by atoms with Crippen molar-refractivity contribution in [3.63, 3.8) is 0 Å². The van der Waals surface area contributed by atoms with E-state index >= 15 is 0 Å². The lowest BCUT2D eigenvalue weighted by molar-refractivity contribution is 0.0904. The molecule has 0 spiro atoms. The van der Waals surface area contributed by atoms with Gasteiger partial charge in [-0.05, 0) is 74.2 Å². The summed E-state index contributed by atoms with van der Waals surface area (Å²) in [6.45, 7) is 5.58. The zero-order chi connectivity index (χ0) is 21.5. The maximum atomic E-state index is 11.9. The van der Waals surface area contributed by atoms with Crippen LogP contribution in [-0.2, 0) is 6.54 Å². The van der Waals surface area contributed by atoms with Crippen molar-refractivity contribution in [2.75, 3.05) is 19.6 Å². The molecule has 5 nitrogen and oxygen atoms in total. The molecule has 5 heteroatoms. The summed E-state index contributed by atoms with van der Waals surface area (Å²) in [4.78, 5) is 14.5. The third-order valence-corrected chi connectivity index (χ3v) is 5.82. The molecule has 1 amide bonds. The zero-order valence-corrected chi connectivity index (χ0v) is 18.0. The first-order chi connectivity index (χ1) is 15.2. The van der Waals surface area contributed by atoms with Crippen LogP contribution >= 0.6 is 0 Å². The fraction of sp³-hybridized carbons (Fsp3) is 0.346. The molecule has 31 heavy (non-hydrogen) atoms. The first kappa shape index (κ1) is 21.2. The van der Waals surface area contributed by atoms with E-state index in [1.807, 2.05) is 19.1 Å². The number of nitrogens with one attached hydrogen (secondary N) is 1. The topological polar surface area (TPSA) is 54.7 Å². The minimum atomic E-state index is -0.230. The molecule has 162 valence electrons. The van der Waals surface area contributed by atoms with Gasteiger partial charge in [0.05, 0.1) is 12.8 Å². The molecule has 1 N–H and O–H groups in total. The summed E-state index contributed by atoms with van der Waals surface area (Å²) < 4.78 is 11.0. The number of rotatable bonds is 8. The lowest BCUT2D eigenvalue weighted by atomic mass is 9.89.